The van der Waals surface area contributed by atoms with Crippen molar-refractivity contribution in [2.75, 3.05) is 9.80 Å². The van der Waals surface area contributed by atoms with Crippen LogP contribution in [0.4, 0.5) is 34.1 Å². The molecule has 15 rings (SSSR count). The Bertz CT molecular complexity index is 4170. The van der Waals surface area contributed by atoms with E-state index in [0.717, 1.165) is 34.1 Å². The second-order valence-corrected chi connectivity index (χ2v) is 18.4. The zero-order valence-electron chi connectivity index (χ0n) is 38.0. The van der Waals surface area contributed by atoms with E-state index in [-0.39, 0.29) is 0 Å². The van der Waals surface area contributed by atoms with E-state index in [1.807, 2.05) is 0 Å². The third-order valence-corrected chi connectivity index (χ3v) is 14.7. The van der Waals surface area contributed by atoms with Gasteiger partial charge in [0, 0.05) is 65.6 Å². The Labute approximate surface area is 404 Å². The summed E-state index contributed by atoms with van der Waals surface area (Å²) in [6, 6.07) is 93.2. The van der Waals surface area contributed by atoms with E-state index in [0.29, 0.717) is 0 Å². The molecule has 15 aromatic rings. The number of para-hydroxylation sites is 6. The van der Waals surface area contributed by atoms with Crippen LogP contribution < -0.4 is 9.80 Å². The molecule has 4 heteroatoms. The van der Waals surface area contributed by atoms with E-state index < -0.39 is 0 Å². The summed E-state index contributed by atoms with van der Waals surface area (Å²) in [6.45, 7) is 0. The van der Waals surface area contributed by atoms with Crippen molar-refractivity contribution in [3.05, 3.63) is 255 Å². The zero-order chi connectivity index (χ0) is 45.9. The number of nitrogens with zero attached hydrogens (tertiary/aromatic N) is 4. The lowest BCUT2D eigenvalue weighted by Crippen LogP contribution is -2.11. The molecule has 0 aliphatic heterocycles. The molecule has 0 radical (unpaired) electrons. The SMILES string of the molecule is c1ccc(-c2ccccc2N(c2ccccc2)c2cccc3c2c2cccc4c5cc6c(cc5n3c42)c2cccc3c4c(N(c5ccccc5)c5ccccc5-c5ccccc5)cccc4n6c23)cc1. The van der Waals surface area contributed by atoms with Crippen molar-refractivity contribution < 1.29 is 0 Å². The molecule has 4 nitrogen and oxygen atoms in total. The van der Waals surface area contributed by atoms with E-state index in [4.69, 9.17) is 0 Å². The van der Waals surface area contributed by atoms with Crippen LogP contribution in [-0.4, -0.2) is 8.80 Å². The fraction of sp³-hybridized carbons (Fsp3) is 0. The molecule has 0 N–H and O–H groups in total. The van der Waals surface area contributed by atoms with Gasteiger partial charge < -0.3 is 18.6 Å². The maximum absolute atomic E-state index is 2.54. The first-order valence-electron chi connectivity index (χ1n) is 24.1. The number of hydrogen-bond acceptors (Lipinski definition) is 2. The second kappa shape index (κ2) is 15.1. The first-order chi connectivity index (χ1) is 34.8. The van der Waals surface area contributed by atoms with Crippen LogP contribution in [0.1, 0.15) is 0 Å². The predicted molar refractivity (Wildman–Crippen MR) is 296 cm³/mol. The van der Waals surface area contributed by atoms with Gasteiger partial charge in [0.05, 0.1) is 55.8 Å². The summed E-state index contributed by atoms with van der Waals surface area (Å²) in [5.74, 6) is 0. The van der Waals surface area contributed by atoms with Gasteiger partial charge in [-0.25, -0.2) is 0 Å². The minimum absolute atomic E-state index is 1.11. The highest BCUT2D eigenvalue weighted by atomic mass is 15.2. The average molecular weight is 891 g/mol. The lowest BCUT2D eigenvalue weighted by atomic mass is 10.00. The molecule has 4 heterocycles. The predicted octanol–water partition coefficient (Wildman–Crippen LogP) is 18.3. The molecular formula is C66H42N4. The normalized spacial score (nSPS) is 12.0. The summed E-state index contributed by atoms with van der Waals surface area (Å²) in [7, 11) is 0. The van der Waals surface area contributed by atoms with E-state index in [9.17, 15) is 0 Å². The lowest BCUT2D eigenvalue weighted by molar-refractivity contribution is 1.29. The summed E-state index contributed by atoms with van der Waals surface area (Å²) >= 11 is 0. The van der Waals surface area contributed by atoms with Gasteiger partial charge in [-0.15, -0.1) is 0 Å². The second-order valence-electron chi connectivity index (χ2n) is 18.4. The third-order valence-electron chi connectivity index (χ3n) is 14.7. The van der Waals surface area contributed by atoms with Crippen LogP contribution in [0.2, 0.25) is 0 Å². The van der Waals surface area contributed by atoms with Gasteiger partial charge in [0.1, 0.15) is 0 Å². The maximum Gasteiger partial charge on any atom is 0.0621 e. The highest BCUT2D eigenvalue weighted by Crippen LogP contribution is 2.51. The van der Waals surface area contributed by atoms with Crippen LogP contribution in [0.25, 0.3) is 98.4 Å². The molecule has 0 spiro atoms. The standard InChI is InChI=1S/C66H42N4/c1-5-21-43(22-6-1)47-29-13-15-35-55(47)67(45-25-9-3-10-26-45)57-37-19-39-59-63(57)51-33-17-31-49-53-42-62-54(41-61(53)69(59)65(49)51)50-32-18-34-52-64-58(38-20-40-60(64)70(62)66(50)52)68(46-27-11-4-12-28-46)56-36-16-14-30-48(56)44-23-7-2-8-24-44/h1-42H. The molecule has 326 valence electrons. The minimum atomic E-state index is 1.11. The average Bonchev–Trinajstić information content (AvgIpc) is 4.16. The molecule has 0 unspecified atom stereocenters. The van der Waals surface area contributed by atoms with Crippen molar-refractivity contribution >= 4 is 110 Å². The van der Waals surface area contributed by atoms with Crippen molar-refractivity contribution in [1.82, 2.24) is 8.80 Å². The Morgan fingerprint density at radius 2 is 0.586 bits per heavy atom. The largest absolute Gasteiger partial charge is 0.309 e. The molecule has 70 heavy (non-hydrogen) atoms. The van der Waals surface area contributed by atoms with Gasteiger partial charge in [-0.05, 0) is 83.9 Å². The minimum Gasteiger partial charge on any atom is -0.309 e. The molecule has 0 fully saturated rings. The number of rotatable bonds is 8. The summed E-state index contributed by atoms with van der Waals surface area (Å²) in [4.78, 5) is 4.91. The first-order valence-corrected chi connectivity index (χ1v) is 24.1. The molecule has 0 bridgehead atoms. The smallest absolute Gasteiger partial charge is 0.0621 e. The Kier molecular flexibility index (Phi) is 8.33. The van der Waals surface area contributed by atoms with Crippen molar-refractivity contribution in [2.45, 2.75) is 0 Å². The zero-order valence-corrected chi connectivity index (χ0v) is 38.0. The van der Waals surface area contributed by atoms with E-state index >= 15 is 0 Å². The molecular weight excluding hydrogens is 849 g/mol. The van der Waals surface area contributed by atoms with Gasteiger partial charge >= 0.3 is 0 Å². The maximum atomic E-state index is 2.54. The van der Waals surface area contributed by atoms with Crippen molar-refractivity contribution in [3.63, 3.8) is 0 Å². The molecule has 0 aliphatic rings. The van der Waals surface area contributed by atoms with Crippen LogP contribution in [0.3, 0.4) is 0 Å². The molecule has 0 amide bonds. The number of anilines is 6. The quantitative estimate of drug-likeness (QED) is 0.151. The van der Waals surface area contributed by atoms with E-state index in [1.54, 1.807) is 0 Å². The Balaban J connectivity index is 0.985. The van der Waals surface area contributed by atoms with Gasteiger partial charge in [-0.3, -0.25) is 0 Å². The fourth-order valence-corrected chi connectivity index (χ4v) is 11.9. The summed E-state index contributed by atoms with van der Waals surface area (Å²) < 4.78 is 5.08. The number of benzene rings is 11. The first kappa shape index (κ1) is 38.7. The number of fused-ring (bicyclic) bond motifs is 12. The van der Waals surface area contributed by atoms with Gasteiger partial charge in [-0.2, -0.15) is 0 Å². The monoisotopic (exact) mass is 890 g/mol. The van der Waals surface area contributed by atoms with Crippen molar-refractivity contribution in [3.8, 4) is 22.3 Å². The third kappa shape index (κ3) is 5.47. The molecule has 11 aromatic carbocycles. The van der Waals surface area contributed by atoms with Crippen LogP contribution in [-0.2, 0) is 0 Å². The summed E-state index contributed by atoms with van der Waals surface area (Å²) in [6.07, 6.45) is 0. The van der Waals surface area contributed by atoms with Gasteiger partial charge in [-0.1, -0.05) is 182 Å². The van der Waals surface area contributed by atoms with E-state index in [1.165, 1.54) is 98.4 Å². The van der Waals surface area contributed by atoms with E-state index in [2.05, 4.69) is 273 Å². The van der Waals surface area contributed by atoms with Gasteiger partial charge in [0.2, 0.25) is 0 Å². The van der Waals surface area contributed by atoms with Gasteiger partial charge in [0.25, 0.3) is 0 Å². The fourth-order valence-electron chi connectivity index (χ4n) is 11.9. The molecule has 0 atom stereocenters. The Hall–Kier alpha value is -9.38. The Morgan fingerprint density at radius 1 is 0.243 bits per heavy atom. The van der Waals surface area contributed by atoms with Crippen LogP contribution in [0, 0.1) is 0 Å². The molecule has 0 saturated heterocycles. The van der Waals surface area contributed by atoms with Crippen LogP contribution >= 0.6 is 0 Å². The molecule has 4 aromatic heterocycles. The highest BCUT2D eigenvalue weighted by Gasteiger charge is 2.28. The van der Waals surface area contributed by atoms with Crippen LogP contribution in [0.15, 0.2) is 255 Å². The Morgan fingerprint density at radius 3 is 1.01 bits per heavy atom. The molecule has 0 aliphatic carbocycles. The van der Waals surface area contributed by atoms with Crippen molar-refractivity contribution in [2.24, 2.45) is 0 Å². The molecule has 0 saturated carbocycles. The number of hydrogen-bond donors (Lipinski definition) is 0. The summed E-state index contributed by atoms with van der Waals surface area (Å²) in [5.41, 5.74) is 18.9. The van der Waals surface area contributed by atoms with Gasteiger partial charge in [0.15, 0.2) is 0 Å². The topological polar surface area (TPSA) is 15.3 Å². The van der Waals surface area contributed by atoms with Crippen LogP contribution in [0.5, 0.6) is 0 Å². The number of aromatic nitrogens is 2. The van der Waals surface area contributed by atoms with Crippen molar-refractivity contribution in [1.29, 1.82) is 0 Å². The summed E-state index contributed by atoms with van der Waals surface area (Å²) in [5, 5.41) is 9.98. The highest BCUT2D eigenvalue weighted by molar-refractivity contribution is 6.31. The lowest BCUT2D eigenvalue weighted by Gasteiger charge is -2.28.